The number of nitrogens with two attached hydrogens (primary N) is 1. The normalized spacial score (nSPS) is 13.0. The van der Waals surface area contributed by atoms with Gasteiger partial charge in [-0.2, -0.15) is 0 Å². The van der Waals surface area contributed by atoms with Gasteiger partial charge in [-0.15, -0.1) is 13.2 Å². The Morgan fingerprint density at radius 3 is 2.00 bits per heavy atom. The standard InChI is InChI=1S/C14H12F3NO3/c15-14(16,17)21-10-4-1-8(2-5-10)13(18)9-3-6-11(19)12(20)7-9/h1-7,13,19-20H,18H2/t13-/m1/s1. The highest BCUT2D eigenvalue weighted by Gasteiger charge is 2.31. The van der Waals surface area contributed by atoms with Crippen molar-refractivity contribution < 1.29 is 28.1 Å². The molecule has 2 rings (SSSR count). The highest BCUT2D eigenvalue weighted by Crippen LogP contribution is 2.30. The first-order chi connectivity index (χ1) is 9.76. The van der Waals surface area contributed by atoms with Gasteiger partial charge in [0.15, 0.2) is 11.5 Å². The minimum atomic E-state index is -4.74. The molecule has 21 heavy (non-hydrogen) atoms. The van der Waals surface area contributed by atoms with Crippen molar-refractivity contribution in [2.75, 3.05) is 0 Å². The van der Waals surface area contributed by atoms with E-state index in [1.54, 1.807) is 0 Å². The van der Waals surface area contributed by atoms with E-state index in [1.165, 1.54) is 30.3 Å². The van der Waals surface area contributed by atoms with Gasteiger partial charge in [0.1, 0.15) is 5.75 Å². The first-order valence-electron chi connectivity index (χ1n) is 5.89. The van der Waals surface area contributed by atoms with Gasteiger partial charge >= 0.3 is 6.36 Å². The maximum atomic E-state index is 12.0. The summed E-state index contributed by atoms with van der Waals surface area (Å²) in [6, 6.07) is 8.54. The first-order valence-corrected chi connectivity index (χ1v) is 5.89. The molecule has 0 heterocycles. The summed E-state index contributed by atoms with van der Waals surface area (Å²) in [4.78, 5) is 0. The molecule has 0 radical (unpaired) electrons. The highest BCUT2D eigenvalue weighted by molar-refractivity contribution is 5.44. The lowest BCUT2D eigenvalue weighted by Crippen LogP contribution is -2.17. The van der Waals surface area contributed by atoms with E-state index in [0.717, 1.165) is 12.1 Å². The van der Waals surface area contributed by atoms with Crippen LogP contribution in [0.5, 0.6) is 17.2 Å². The maximum Gasteiger partial charge on any atom is 0.573 e. The topological polar surface area (TPSA) is 75.7 Å². The van der Waals surface area contributed by atoms with Gasteiger partial charge in [0, 0.05) is 0 Å². The minimum Gasteiger partial charge on any atom is -0.504 e. The van der Waals surface area contributed by atoms with Crippen LogP contribution in [-0.4, -0.2) is 16.6 Å². The number of aromatic hydroxyl groups is 2. The fraction of sp³-hybridized carbons (Fsp3) is 0.143. The maximum absolute atomic E-state index is 12.0. The summed E-state index contributed by atoms with van der Waals surface area (Å²) in [6.45, 7) is 0. The van der Waals surface area contributed by atoms with Crippen molar-refractivity contribution in [2.24, 2.45) is 5.73 Å². The van der Waals surface area contributed by atoms with Crippen LogP contribution in [0.25, 0.3) is 0 Å². The summed E-state index contributed by atoms with van der Waals surface area (Å²) in [5, 5.41) is 18.6. The van der Waals surface area contributed by atoms with Crippen LogP contribution in [0, 0.1) is 0 Å². The molecular formula is C14H12F3NO3. The van der Waals surface area contributed by atoms with Crippen LogP contribution >= 0.6 is 0 Å². The summed E-state index contributed by atoms with van der Waals surface area (Å²) < 4.78 is 39.9. The molecule has 0 saturated carbocycles. The Kier molecular flexibility index (Phi) is 3.95. The van der Waals surface area contributed by atoms with Crippen molar-refractivity contribution in [1.29, 1.82) is 0 Å². The Morgan fingerprint density at radius 1 is 0.905 bits per heavy atom. The molecule has 112 valence electrons. The molecule has 0 unspecified atom stereocenters. The number of phenols is 2. The number of ether oxygens (including phenoxy) is 1. The summed E-state index contributed by atoms with van der Waals surface area (Å²) >= 11 is 0. The quantitative estimate of drug-likeness (QED) is 0.761. The van der Waals surface area contributed by atoms with Gasteiger partial charge in [0.2, 0.25) is 0 Å². The average molecular weight is 299 g/mol. The molecule has 0 aliphatic rings. The first kappa shape index (κ1) is 15.0. The molecule has 0 amide bonds. The SMILES string of the molecule is N[C@H](c1ccc(OC(F)(F)F)cc1)c1ccc(O)c(O)c1. The van der Waals surface area contributed by atoms with Crippen molar-refractivity contribution >= 4 is 0 Å². The smallest absolute Gasteiger partial charge is 0.504 e. The number of phenolic OH excluding ortho intramolecular Hbond substituents is 2. The second kappa shape index (κ2) is 5.53. The van der Waals surface area contributed by atoms with E-state index in [1.807, 2.05) is 0 Å². The van der Waals surface area contributed by atoms with E-state index >= 15 is 0 Å². The van der Waals surface area contributed by atoms with Gasteiger partial charge in [0.25, 0.3) is 0 Å². The van der Waals surface area contributed by atoms with E-state index in [9.17, 15) is 23.4 Å². The van der Waals surface area contributed by atoms with E-state index in [0.29, 0.717) is 11.1 Å². The molecule has 0 aliphatic carbocycles. The zero-order valence-corrected chi connectivity index (χ0v) is 10.6. The van der Waals surface area contributed by atoms with E-state index < -0.39 is 12.4 Å². The van der Waals surface area contributed by atoms with Gasteiger partial charge in [-0.25, -0.2) is 0 Å². The zero-order chi connectivity index (χ0) is 15.6. The lowest BCUT2D eigenvalue weighted by atomic mass is 9.99. The minimum absolute atomic E-state index is 0.278. The largest absolute Gasteiger partial charge is 0.573 e. The average Bonchev–Trinajstić information content (AvgIpc) is 2.40. The van der Waals surface area contributed by atoms with Crippen LogP contribution in [0.2, 0.25) is 0 Å². The molecule has 4 N–H and O–H groups in total. The number of halogens is 3. The van der Waals surface area contributed by atoms with Crippen molar-refractivity contribution in [2.45, 2.75) is 12.4 Å². The Bertz CT molecular complexity index is 626. The van der Waals surface area contributed by atoms with Crippen LogP contribution in [-0.2, 0) is 0 Å². The second-order valence-corrected chi connectivity index (χ2v) is 4.34. The van der Waals surface area contributed by atoms with Gasteiger partial charge < -0.3 is 20.7 Å². The molecule has 1 atom stereocenters. The summed E-state index contributed by atoms with van der Waals surface area (Å²) in [7, 11) is 0. The third-order valence-electron chi connectivity index (χ3n) is 2.83. The predicted molar refractivity (Wildman–Crippen MR) is 68.9 cm³/mol. The van der Waals surface area contributed by atoms with Gasteiger partial charge in [-0.3, -0.25) is 0 Å². The van der Waals surface area contributed by atoms with E-state index in [4.69, 9.17) is 5.73 Å². The Hall–Kier alpha value is -2.41. The van der Waals surface area contributed by atoms with E-state index in [2.05, 4.69) is 4.74 Å². The van der Waals surface area contributed by atoms with Crippen LogP contribution in [0.3, 0.4) is 0 Å². The molecule has 0 aromatic heterocycles. The Morgan fingerprint density at radius 2 is 1.48 bits per heavy atom. The third kappa shape index (κ3) is 3.79. The molecular weight excluding hydrogens is 287 g/mol. The molecule has 2 aromatic rings. The Labute approximate surface area is 118 Å². The van der Waals surface area contributed by atoms with Gasteiger partial charge in [0.05, 0.1) is 6.04 Å². The molecule has 0 saturated heterocycles. The lowest BCUT2D eigenvalue weighted by Gasteiger charge is -2.14. The van der Waals surface area contributed by atoms with Crippen LogP contribution in [0.15, 0.2) is 42.5 Å². The summed E-state index contributed by atoms with van der Waals surface area (Å²) in [5.74, 6) is -0.938. The number of hydrogen-bond donors (Lipinski definition) is 3. The fourth-order valence-corrected chi connectivity index (χ4v) is 1.80. The second-order valence-electron chi connectivity index (χ2n) is 4.34. The predicted octanol–water partition coefficient (Wildman–Crippen LogP) is 3.04. The fourth-order valence-electron chi connectivity index (χ4n) is 1.80. The summed E-state index contributed by atoms with van der Waals surface area (Å²) in [6.07, 6.45) is -4.74. The van der Waals surface area contributed by atoms with Crippen molar-refractivity contribution in [3.05, 3.63) is 53.6 Å². The van der Waals surface area contributed by atoms with Crippen LogP contribution in [0.4, 0.5) is 13.2 Å². The molecule has 2 aromatic carbocycles. The molecule has 7 heteroatoms. The molecule has 0 fully saturated rings. The molecule has 4 nitrogen and oxygen atoms in total. The lowest BCUT2D eigenvalue weighted by molar-refractivity contribution is -0.274. The third-order valence-corrected chi connectivity index (χ3v) is 2.83. The van der Waals surface area contributed by atoms with Crippen molar-refractivity contribution in [1.82, 2.24) is 0 Å². The van der Waals surface area contributed by atoms with Crippen LogP contribution < -0.4 is 10.5 Å². The summed E-state index contributed by atoms with van der Waals surface area (Å²) in [5.41, 5.74) is 7.00. The van der Waals surface area contributed by atoms with Crippen molar-refractivity contribution in [3.8, 4) is 17.2 Å². The zero-order valence-electron chi connectivity index (χ0n) is 10.6. The number of benzene rings is 2. The van der Waals surface area contributed by atoms with Gasteiger partial charge in [-0.1, -0.05) is 18.2 Å². The monoisotopic (exact) mass is 299 g/mol. The van der Waals surface area contributed by atoms with Crippen LogP contribution in [0.1, 0.15) is 17.2 Å². The number of hydrogen-bond acceptors (Lipinski definition) is 4. The molecule has 0 aliphatic heterocycles. The van der Waals surface area contributed by atoms with Crippen molar-refractivity contribution in [3.63, 3.8) is 0 Å². The van der Waals surface area contributed by atoms with Gasteiger partial charge in [-0.05, 0) is 35.4 Å². The number of alkyl halides is 3. The number of rotatable bonds is 3. The highest BCUT2D eigenvalue weighted by atomic mass is 19.4. The Balaban J connectivity index is 2.19. The molecule has 0 bridgehead atoms. The van der Waals surface area contributed by atoms with E-state index in [-0.39, 0.29) is 17.2 Å². The molecule has 0 spiro atoms.